The number of aromatic amines is 1. The molecule has 0 aliphatic rings. The quantitative estimate of drug-likeness (QED) is 0.816. The van der Waals surface area contributed by atoms with Gasteiger partial charge in [0.15, 0.2) is 5.82 Å². The van der Waals surface area contributed by atoms with Gasteiger partial charge < -0.3 is 15.2 Å². The SMILES string of the molecule is CCC(C)[C@H](N)c1nc(-c2ncc[nH]2)no1. The molecule has 16 heavy (non-hydrogen) atoms. The highest BCUT2D eigenvalue weighted by Gasteiger charge is 2.20. The van der Waals surface area contributed by atoms with Gasteiger partial charge in [-0.05, 0) is 5.92 Å². The van der Waals surface area contributed by atoms with Crippen molar-refractivity contribution in [1.29, 1.82) is 0 Å². The van der Waals surface area contributed by atoms with Gasteiger partial charge in [0.2, 0.25) is 11.7 Å². The summed E-state index contributed by atoms with van der Waals surface area (Å²) in [6.45, 7) is 4.13. The second kappa shape index (κ2) is 4.44. The van der Waals surface area contributed by atoms with Crippen molar-refractivity contribution in [1.82, 2.24) is 20.1 Å². The monoisotopic (exact) mass is 221 g/mol. The molecule has 6 heteroatoms. The molecule has 2 aromatic rings. The molecule has 0 aliphatic heterocycles. The highest BCUT2D eigenvalue weighted by Crippen LogP contribution is 2.21. The Kier molecular flexibility index (Phi) is 3.00. The van der Waals surface area contributed by atoms with E-state index in [1.165, 1.54) is 0 Å². The number of imidazole rings is 1. The zero-order valence-electron chi connectivity index (χ0n) is 9.34. The Bertz CT molecular complexity index is 436. The van der Waals surface area contributed by atoms with E-state index in [1.54, 1.807) is 12.4 Å². The van der Waals surface area contributed by atoms with E-state index in [9.17, 15) is 0 Å². The first-order chi connectivity index (χ1) is 7.72. The Labute approximate surface area is 93.3 Å². The summed E-state index contributed by atoms with van der Waals surface area (Å²) in [5, 5.41) is 3.84. The van der Waals surface area contributed by atoms with Crippen molar-refractivity contribution in [2.45, 2.75) is 26.3 Å². The third kappa shape index (κ3) is 1.96. The highest BCUT2D eigenvalue weighted by molar-refractivity contribution is 5.40. The minimum atomic E-state index is -0.221. The van der Waals surface area contributed by atoms with Gasteiger partial charge in [-0.1, -0.05) is 25.4 Å². The highest BCUT2D eigenvalue weighted by atomic mass is 16.5. The molecule has 6 nitrogen and oxygen atoms in total. The summed E-state index contributed by atoms with van der Waals surface area (Å²) in [6, 6.07) is -0.221. The number of nitrogens with zero attached hydrogens (tertiary/aromatic N) is 3. The Balaban J connectivity index is 2.20. The van der Waals surface area contributed by atoms with Crippen LogP contribution in [0.3, 0.4) is 0 Å². The molecule has 0 radical (unpaired) electrons. The number of nitrogens with two attached hydrogens (primary N) is 1. The van der Waals surface area contributed by atoms with Crippen LogP contribution in [0.1, 0.15) is 32.2 Å². The van der Waals surface area contributed by atoms with E-state index < -0.39 is 0 Å². The number of rotatable bonds is 4. The zero-order chi connectivity index (χ0) is 11.5. The average molecular weight is 221 g/mol. The van der Waals surface area contributed by atoms with Gasteiger partial charge in [0.1, 0.15) is 0 Å². The molecule has 2 rings (SSSR count). The third-order valence-electron chi connectivity index (χ3n) is 2.69. The molecule has 0 saturated carbocycles. The summed E-state index contributed by atoms with van der Waals surface area (Å²) in [4.78, 5) is 11.2. The minimum Gasteiger partial charge on any atom is -0.342 e. The largest absolute Gasteiger partial charge is 0.342 e. The number of nitrogens with one attached hydrogen (secondary N) is 1. The summed E-state index contributed by atoms with van der Waals surface area (Å²) < 4.78 is 5.13. The predicted molar refractivity (Wildman–Crippen MR) is 58.3 cm³/mol. The summed E-state index contributed by atoms with van der Waals surface area (Å²) in [7, 11) is 0. The average Bonchev–Trinajstić information content (AvgIpc) is 2.96. The van der Waals surface area contributed by atoms with Crippen molar-refractivity contribution in [2.75, 3.05) is 0 Å². The Morgan fingerprint density at radius 1 is 1.56 bits per heavy atom. The van der Waals surface area contributed by atoms with Gasteiger partial charge in [-0.2, -0.15) is 4.98 Å². The van der Waals surface area contributed by atoms with E-state index in [2.05, 4.69) is 34.0 Å². The van der Waals surface area contributed by atoms with Gasteiger partial charge >= 0.3 is 0 Å². The molecular formula is C10H15N5O. The molecule has 2 heterocycles. The number of hydrogen-bond acceptors (Lipinski definition) is 5. The van der Waals surface area contributed by atoms with E-state index in [0.29, 0.717) is 23.5 Å². The van der Waals surface area contributed by atoms with Crippen molar-refractivity contribution in [3.05, 3.63) is 18.3 Å². The van der Waals surface area contributed by atoms with Crippen LogP contribution in [0.5, 0.6) is 0 Å². The molecule has 2 aromatic heterocycles. The first kappa shape index (κ1) is 10.8. The second-order valence-electron chi connectivity index (χ2n) is 3.81. The summed E-state index contributed by atoms with van der Waals surface area (Å²) >= 11 is 0. The Morgan fingerprint density at radius 3 is 3.00 bits per heavy atom. The molecule has 2 atom stereocenters. The van der Waals surface area contributed by atoms with E-state index in [-0.39, 0.29) is 6.04 Å². The summed E-state index contributed by atoms with van der Waals surface area (Å²) in [5.74, 6) is 1.80. The standard InChI is InChI=1S/C10H15N5O/c1-3-6(2)7(11)10-14-9(15-16-10)8-12-4-5-13-8/h4-7H,3,11H2,1-2H3,(H,12,13)/t6?,7-/m0/s1. The van der Waals surface area contributed by atoms with Gasteiger partial charge in [-0.25, -0.2) is 4.98 Å². The second-order valence-corrected chi connectivity index (χ2v) is 3.81. The van der Waals surface area contributed by atoms with Crippen LogP contribution < -0.4 is 5.73 Å². The smallest absolute Gasteiger partial charge is 0.244 e. The van der Waals surface area contributed by atoms with E-state index in [0.717, 1.165) is 6.42 Å². The fourth-order valence-corrected chi connectivity index (χ4v) is 1.35. The van der Waals surface area contributed by atoms with Gasteiger partial charge in [0, 0.05) is 12.4 Å². The molecule has 0 spiro atoms. The van der Waals surface area contributed by atoms with Crippen molar-refractivity contribution < 1.29 is 4.52 Å². The van der Waals surface area contributed by atoms with Crippen molar-refractivity contribution >= 4 is 0 Å². The topological polar surface area (TPSA) is 93.6 Å². The summed E-state index contributed by atoms with van der Waals surface area (Å²) in [5.41, 5.74) is 5.99. The van der Waals surface area contributed by atoms with Crippen LogP contribution in [0, 0.1) is 5.92 Å². The van der Waals surface area contributed by atoms with Gasteiger partial charge in [-0.3, -0.25) is 0 Å². The van der Waals surface area contributed by atoms with Crippen LogP contribution in [0.25, 0.3) is 11.6 Å². The minimum absolute atomic E-state index is 0.221. The molecule has 0 saturated heterocycles. The fourth-order valence-electron chi connectivity index (χ4n) is 1.35. The zero-order valence-corrected chi connectivity index (χ0v) is 9.34. The Hall–Kier alpha value is -1.69. The number of H-pyrrole nitrogens is 1. The first-order valence-corrected chi connectivity index (χ1v) is 5.31. The van der Waals surface area contributed by atoms with E-state index in [1.807, 2.05) is 0 Å². The molecule has 0 amide bonds. The predicted octanol–water partition coefficient (Wildman–Crippen LogP) is 1.51. The van der Waals surface area contributed by atoms with Gasteiger partial charge in [0.05, 0.1) is 6.04 Å². The maximum Gasteiger partial charge on any atom is 0.244 e. The molecule has 0 bridgehead atoms. The van der Waals surface area contributed by atoms with Crippen LogP contribution in [0.2, 0.25) is 0 Å². The molecule has 0 aliphatic carbocycles. The Morgan fingerprint density at radius 2 is 2.38 bits per heavy atom. The molecule has 86 valence electrons. The lowest BCUT2D eigenvalue weighted by Gasteiger charge is -2.12. The maximum atomic E-state index is 5.99. The molecule has 0 fully saturated rings. The third-order valence-corrected chi connectivity index (χ3v) is 2.69. The van der Waals surface area contributed by atoms with E-state index in [4.69, 9.17) is 10.3 Å². The fraction of sp³-hybridized carbons (Fsp3) is 0.500. The van der Waals surface area contributed by atoms with Crippen LogP contribution in [0.15, 0.2) is 16.9 Å². The normalized spacial score (nSPS) is 14.9. The molecule has 0 aromatic carbocycles. The number of hydrogen-bond donors (Lipinski definition) is 2. The van der Waals surface area contributed by atoms with Crippen molar-refractivity contribution in [2.24, 2.45) is 11.7 Å². The lowest BCUT2D eigenvalue weighted by molar-refractivity contribution is 0.312. The van der Waals surface area contributed by atoms with Crippen molar-refractivity contribution in [3.63, 3.8) is 0 Å². The first-order valence-electron chi connectivity index (χ1n) is 5.31. The van der Waals surface area contributed by atoms with E-state index >= 15 is 0 Å². The maximum absolute atomic E-state index is 5.99. The van der Waals surface area contributed by atoms with Crippen LogP contribution >= 0.6 is 0 Å². The molecule has 3 N–H and O–H groups in total. The number of aromatic nitrogens is 4. The van der Waals surface area contributed by atoms with Crippen LogP contribution in [-0.2, 0) is 0 Å². The summed E-state index contributed by atoms with van der Waals surface area (Å²) in [6.07, 6.45) is 4.32. The van der Waals surface area contributed by atoms with Crippen LogP contribution in [-0.4, -0.2) is 20.1 Å². The molecule has 1 unspecified atom stereocenters. The van der Waals surface area contributed by atoms with Gasteiger partial charge in [0.25, 0.3) is 0 Å². The van der Waals surface area contributed by atoms with Gasteiger partial charge in [-0.15, -0.1) is 0 Å². The van der Waals surface area contributed by atoms with Crippen LogP contribution in [0.4, 0.5) is 0 Å². The molecular weight excluding hydrogens is 206 g/mol. The lowest BCUT2D eigenvalue weighted by atomic mass is 10.0. The lowest BCUT2D eigenvalue weighted by Crippen LogP contribution is -2.18. The van der Waals surface area contributed by atoms with Crippen molar-refractivity contribution in [3.8, 4) is 11.6 Å².